The van der Waals surface area contributed by atoms with Gasteiger partial charge in [-0.3, -0.25) is 4.90 Å². The lowest BCUT2D eigenvalue weighted by atomic mass is 9.79. The van der Waals surface area contributed by atoms with Gasteiger partial charge >= 0.3 is 30.6 Å². The Kier molecular flexibility index (Phi) is 8.80. The van der Waals surface area contributed by atoms with Crippen molar-refractivity contribution in [2.75, 3.05) is 19.0 Å². The van der Waals surface area contributed by atoms with Crippen molar-refractivity contribution in [3.05, 3.63) is 64.2 Å². The summed E-state index contributed by atoms with van der Waals surface area (Å²) in [5, 5.41) is 2.87. The quantitative estimate of drug-likeness (QED) is 0.274. The van der Waals surface area contributed by atoms with Crippen LogP contribution in [0.4, 0.5) is 50.0 Å². The van der Waals surface area contributed by atoms with Crippen LogP contribution in [-0.4, -0.2) is 36.2 Å². The van der Waals surface area contributed by atoms with Crippen LogP contribution in [0.3, 0.4) is 0 Å². The Hall–Kier alpha value is -3.65. The summed E-state index contributed by atoms with van der Waals surface area (Å²) >= 11 is 0. The molecule has 2 aromatic carbocycles. The SMILES string of the molecule is CCOC(=O)[C@@]1(CC)C[C@H](N(Cc2cc(C(F)(F)F)cc(C(F)(F)F)c2)C(=O)OC)c2cc(C(F)(F)F)ccc2N1. The van der Waals surface area contributed by atoms with Crippen LogP contribution >= 0.6 is 0 Å². The molecule has 0 radical (unpaired) electrons. The molecule has 0 bridgehead atoms. The van der Waals surface area contributed by atoms with Crippen LogP contribution in [0.2, 0.25) is 0 Å². The van der Waals surface area contributed by atoms with E-state index in [1.165, 1.54) is 6.92 Å². The van der Waals surface area contributed by atoms with Crippen LogP contribution in [0.15, 0.2) is 36.4 Å². The van der Waals surface area contributed by atoms with Gasteiger partial charge in [-0.1, -0.05) is 6.92 Å². The molecule has 15 heteroatoms. The monoisotopic (exact) mass is 600 g/mol. The van der Waals surface area contributed by atoms with Crippen molar-refractivity contribution in [2.24, 2.45) is 0 Å². The highest BCUT2D eigenvalue weighted by Gasteiger charge is 2.48. The average molecular weight is 600 g/mol. The number of halogens is 9. The second-order valence-electron chi connectivity index (χ2n) is 9.31. The molecular formula is C26H25F9N2O4. The number of carbonyl (C=O) groups excluding carboxylic acids is 2. The van der Waals surface area contributed by atoms with E-state index < -0.39 is 77.4 Å². The largest absolute Gasteiger partial charge is 0.464 e. The summed E-state index contributed by atoms with van der Waals surface area (Å²) in [6.07, 6.45) is -16.9. The minimum Gasteiger partial charge on any atom is -0.464 e. The topological polar surface area (TPSA) is 67.9 Å². The lowest BCUT2D eigenvalue weighted by Crippen LogP contribution is -2.53. The molecule has 41 heavy (non-hydrogen) atoms. The zero-order chi connectivity index (χ0) is 31.0. The fraction of sp³-hybridized carbons (Fsp3) is 0.462. The van der Waals surface area contributed by atoms with Gasteiger partial charge < -0.3 is 14.8 Å². The lowest BCUT2D eigenvalue weighted by molar-refractivity contribution is -0.150. The van der Waals surface area contributed by atoms with Gasteiger partial charge in [-0.25, -0.2) is 9.59 Å². The number of fused-ring (bicyclic) bond motifs is 1. The maximum atomic E-state index is 13.6. The molecule has 2 aromatic rings. The molecule has 1 heterocycles. The number of methoxy groups -OCH3 is 1. The number of benzene rings is 2. The van der Waals surface area contributed by atoms with Crippen LogP contribution in [0.25, 0.3) is 0 Å². The molecule has 1 amide bonds. The van der Waals surface area contributed by atoms with E-state index in [4.69, 9.17) is 9.47 Å². The van der Waals surface area contributed by atoms with E-state index >= 15 is 0 Å². The normalized spacial score (nSPS) is 19.2. The summed E-state index contributed by atoms with van der Waals surface area (Å²) in [5.74, 6) is -0.818. The summed E-state index contributed by atoms with van der Waals surface area (Å²) in [7, 11) is 0.884. The molecule has 0 unspecified atom stereocenters. The first-order chi connectivity index (χ1) is 18.9. The van der Waals surface area contributed by atoms with Crippen LogP contribution in [0.5, 0.6) is 0 Å². The summed E-state index contributed by atoms with van der Waals surface area (Å²) < 4.78 is 132. The Balaban J connectivity index is 2.24. The molecule has 1 N–H and O–H groups in total. The molecule has 0 spiro atoms. The van der Waals surface area contributed by atoms with Crippen molar-refractivity contribution in [1.82, 2.24) is 4.90 Å². The van der Waals surface area contributed by atoms with Gasteiger partial charge in [0, 0.05) is 18.7 Å². The molecule has 0 saturated carbocycles. The highest BCUT2D eigenvalue weighted by molar-refractivity contribution is 5.86. The molecule has 1 aliphatic heterocycles. The van der Waals surface area contributed by atoms with Gasteiger partial charge in [-0.05, 0) is 60.9 Å². The summed E-state index contributed by atoms with van der Waals surface area (Å²) in [6.45, 7) is 2.07. The van der Waals surface area contributed by atoms with Crippen molar-refractivity contribution >= 4 is 17.7 Å². The minimum absolute atomic E-state index is 0.000408. The maximum Gasteiger partial charge on any atom is 0.416 e. The Morgan fingerprint density at radius 3 is 1.93 bits per heavy atom. The predicted molar refractivity (Wildman–Crippen MR) is 126 cm³/mol. The molecule has 0 aromatic heterocycles. The van der Waals surface area contributed by atoms with Gasteiger partial charge in [0.1, 0.15) is 5.54 Å². The highest BCUT2D eigenvalue weighted by Crippen LogP contribution is 2.46. The number of anilines is 1. The Bertz CT molecular complexity index is 1260. The highest BCUT2D eigenvalue weighted by atomic mass is 19.4. The number of amides is 1. The number of nitrogens with one attached hydrogen (secondary N) is 1. The number of rotatable bonds is 6. The average Bonchev–Trinajstić information content (AvgIpc) is 2.88. The number of ether oxygens (including phenoxy) is 2. The minimum atomic E-state index is -5.18. The molecule has 2 atom stereocenters. The first kappa shape index (κ1) is 31.9. The van der Waals surface area contributed by atoms with Crippen molar-refractivity contribution in [1.29, 1.82) is 0 Å². The Morgan fingerprint density at radius 1 is 0.902 bits per heavy atom. The van der Waals surface area contributed by atoms with Gasteiger partial charge in [-0.15, -0.1) is 0 Å². The predicted octanol–water partition coefficient (Wildman–Crippen LogP) is 7.58. The number of hydrogen-bond donors (Lipinski definition) is 1. The number of carbonyl (C=O) groups is 2. The van der Waals surface area contributed by atoms with Crippen LogP contribution in [-0.2, 0) is 39.3 Å². The van der Waals surface area contributed by atoms with E-state index in [0.29, 0.717) is 23.1 Å². The number of esters is 1. The van der Waals surface area contributed by atoms with E-state index in [2.05, 4.69) is 5.32 Å². The summed E-state index contributed by atoms with van der Waals surface area (Å²) in [6, 6.07) is 1.69. The Labute approximate surface area is 228 Å². The first-order valence-corrected chi connectivity index (χ1v) is 12.2. The maximum absolute atomic E-state index is 13.6. The summed E-state index contributed by atoms with van der Waals surface area (Å²) in [4.78, 5) is 26.7. The zero-order valence-electron chi connectivity index (χ0n) is 21.9. The van der Waals surface area contributed by atoms with Gasteiger partial charge in [0.15, 0.2) is 0 Å². The molecule has 226 valence electrons. The van der Waals surface area contributed by atoms with Gasteiger partial charge in [0.05, 0.1) is 36.4 Å². The second-order valence-corrected chi connectivity index (χ2v) is 9.31. The van der Waals surface area contributed by atoms with Gasteiger partial charge in [0.25, 0.3) is 0 Å². The van der Waals surface area contributed by atoms with Gasteiger partial charge in [-0.2, -0.15) is 39.5 Å². The molecule has 1 aliphatic rings. The first-order valence-electron chi connectivity index (χ1n) is 12.2. The molecule has 3 rings (SSSR count). The van der Waals surface area contributed by atoms with Crippen molar-refractivity contribution in [2.45, 2.75) is 63.3 Å². The number of alkyl halides is 9. The molecule has 0 fully saturated rings. The second kappa shape index (κ2) is 11.3. The van der Waals surface area contributed by atoms with Crippen LogP contribution in [0, 0.1) is 0 Å². The number of hydrogen-bond acceptors (Lipinski definition) is 5. The number of nitrogens with zero attached hydrogens (tertiary/aromatic N) is 1. The standard InChI is InChI=1S/C26H25F9N2O4/c1-4-23(21(38)41-5-2)12-20(18-11-15(24(27,28)29)6-7-19(18)36-23)37(22(39)40-3)13-14-8-16(25(30,31)32)10-17(9-14)26(33,34)35/h6-11,20,36H,4-5,12-13H2,1-3H3/t20-,23+/m0/s1. The van der Waals surface area contributed by atoms with Crippen LogP contribution < -0.4 is 5.32 Å². The van der Waals surface area contributed by atoms with Crippen molar-refractivity contribution in [3.63, 3.8) is 0 Å². The fourth-order valence-electron chi connectivity index (χ4n) is 4.66. The summed E-state index contributed by atoms with van der Waals surface area (Å²) in [5.41, 5.74) is -6.85. The van der Waals surface area contributed by atoms with E-state index in [0.717, 1.165) is 19.2 Å². The molecular weight excluding hydrogens is 575 g/mol. The van der Waals surface area contributed by atoms with E-state index in [1.54, 1.807) is 6.92 Å². The van der Waals surface area contributed by atoms with E-state index in [9.17, 15) is 49.1 Å². The fourth-order valence-corrected chi connectivity index (χ4v) is 4.66. The Morgan fingerprint density at radius 2 is 1.46 bits per heavy atom. The third-order valence-electron chi connectivity index (χ3n) is 6.71. The molecule has 0 saturated heterocycles. The molecule has 0 aliphatic carbocycles. The van der Waals surface area contributed by atoms with Crippen LogP contribution in [0.1, 0.15) is 60.5 Å². The van der Waals surface area contributed by atoms with Crippen molar-refractivity contribution in [3.8, 4) is 0 Å². The third-order valence-corrected chi connectivity index (χ3v) is 6.71. The zero-order valence-corrected chi connectivity index (χ0v) is 21.9. The van der Waals surface area contributed by atoms with Gasteiger partial charge in [0.2, 0.25) is 0 Å². The molecule has 6 nitrogen and oxygen atoms in total. The van der Waals surface area contributed by atoms with E-state index in [-0.39, 0.29) is 30.3 Å². The lowest BCUT2D eigenvalue weighted by Gasteiger charge is -2.44. The third kappa shape index (κ3) is 6.81. The van der Waals surface area contributed by atoms with Crippen molar-refractivity contribution < 1.29 is 58.6 Å². The smallest absolute Gasteiger partial charge is 0.416 e. The van der Waals surface area contributed by atoms with E-state index in [1.807, 2.05) is 0 Å².